The zero-order valence-corrected chi connectivity index (χ0v) is 10.4. The van der Waals surface area contributed by atoms with Crippen LogP contribution in [-0.4, -0.2) is 30.1 Å². The maximum atomic E-state index is 5.46. The largest absolute Gasteiger partial charge is 0.468 e. The molecule has 1 fully saturated rings. The SMILES string of the molecule is CC(C)NC1CCN(C(C)c2ccco2)C1. The first-order chi connectivity index (χ1) is 7.66. The van der Waals surface area contributed by atoms with Gasteiger partial charge >= 0.3 is 0 Å². The number of furan rings is 1. The van der Waals surface area contributed by atoms with Crippen LogP contribution in [0.3, 0.4) is 0 Å². The van der Waals surface area contributed by atoms with E-state index in [0.29, 0.717) is 18.1 Å². The van der Waals surface area contributed by atoms with E-state index in [9.17, 15) is 0 Å². The van der Waals surface area contributed by atoms with Crippen LogP contribution in [-0.2, 0) is 0 Å². The lowest BCUT2D eigenvalue weighted by Gasteiger charge is -2.23. The van der Waals surface area contributed by atoms with Crippen molar-refractivity contribution >= 4 is 0 Å². The van der Waals surface area contributed by atoms with E-state index in [4.69, 9.17) is 4.42 Å². The third-order valence-electron chi connectivity index (χ3n) is 3.29. The van der Waals surface area contributed by atoms with Gasteiger partial charge in [0.05, 0.1) is 12.3 Å². The Morgan fingerprint density at radius 2 is 2.25 bits per heavy atom. The van der Waals surface area contributed by atoms with Crippen LogP contribution in [0.1, 0.15) is 39.0 Å². The Morgan fingerprint density at radius 1 is 1.44 bits per heavy atom. The molecule has 0 aromatic carbocycles. The molecule has 3 nitrogen and oxygen atoms in total. The fraction of sp³-hybridized carbons (Fsp3) is 0.692. The Labute approximate surface area is 97.8 Å². The summed E-state index contributed by atoms with van der Waals surface area (Å²) in [4.78, 5) is 2.48. The molecule has 0 spiro atoms. The summed E-state index contributed by atoms with van der Waals surface area (Å²) in [5.41, 5.74) is 0. The van der Waals surface area contributed by atoms with E-state index in [1.54, 1.807) is 6.26 Å². The van der Waals surface area contributed by atoms with Crippen LogP contribution >= 0.6 is 0 Å². The van der Waals surface area contributed by atoms with Crippen molar-refractivity contribution in [2.45, 2.75) is 45.3 Å². The lowest BCUT2D eigenvalue weighted by Crippen LogP contribution is -2.37. The van der Waals surface area contributed by atoms with E-state index in [-0.39, 0.29) is 0 Å². The molecule has 1 aromatic heterocycles. The molecule has 1 aromatic rings. The van der Waals surface area contributed by atoms with Gasteiger partial charge in [-0.05, 0) is 25.5 Å². The van der Waals surface area contributed by atoms with Crippen molar-refractivity contribution in [3.8, 4) is 0 Å². The molecule has 0 amide bonds. The molecule has 16 heavy (non-hydrogen) atoms. The van der Waals surface area contributed by atoms with E-state index in [1.807, 2.05) is 6.07 Å². The van der Waals surface area contributed by atoms with Crippen LogP contribution in [0.15, 0.2) is 22.8 Å². The number of nitrogens with one attached hydrogen (secondary N) is 1. The second-order valence-electron chi connectivity index (χ2n) is 4.99. The van der Waals surface area contributed by atoms with Crippen molar-refractivity contribution in [1.29, 1.82) is 0 Å². The molecule has 0 aliphatic carbocycles. The number of nitrogens with zero attached hydrogens (tertiary/aromatic N) is 1. The van der Waals surface area contributed by atoms with Gasteiger partial charge in [0.15, 0.2) is 0 Å². The van der Waals surface area contributed by atoms with Gasteiger partial charge in [0.2, 0.25) is 0 Å². The number of hydrogen-bond acceptors (Lipinski definition) is 3. The molecule has 0 bridgehead atoms. The summed E-state index contributed by atoms with van der Waals surface area (Å²) in [7, 11) is 0. The molecule has 1 N–H and O–H groups in total. The molecule has 0 saturated carbocycles. The summed E-state index contributed by atoms with van der Waals surface area (Å²) < 4.78 is 5.46. The Morgan fingerprint density at radius 3 is 2.88 bits per heavy atom. The summed E-state index contributed by atoms with van der Waals surface area (Å²) in [6.07, 6.45) is 3.00. The van der Waals surface area contributed by atoms with Crippen LogP contribution in [0.2, 0.25) is 0 Å². The van der Waals surface area contributed by atoms with Gasteiger partial charge in [-0.2, -0.15) is 0 Å². The standard InChI is InChI=1S/C13H22N2O/c1-10(2)14-12-6-7-15(9-12)11(3)13-5-4-8-16-13/h4-5,8,10-12,14H,6-7,9H2,1-3H3. The van der Waals surface area contributed by atoms with Gasteiger partial charge in [-0.15, -0.1) is 0 Å². The molecule has 2 atom stereocenters. The topological polar surface area (TPSA) is 28.4 Å². The Bertz CT molecular complexity index is 308. The highest BCUT2D eigenvalue weighted by Gasteiger charge is 2.27. The third-order valence-corrected chi connectivity index (χ3v) is 3.29. The molecule has 0 radical (unpaired) electrons. The van der Waals surface area contributed by atoms with Crippen molar-refractivity contribution < 1.29 is 4.42 Å². The second-order valence-corrected chi connectivity index (χ2v) is 4.99. The van der Waals surface area contributed by atoms with Gasteiger partial charge in [0.1, 0.15) is 5.76 Å². The highest BCUT2D eigenvalue weighted by Crippen LogP contribution is 2.24. The van der Waals surface area contributed by atoms with Crippen LogP contribution in [0.5, 0.6) is 0 Å². The van der Waals surface area contributed by atoms with Gasteiger partial charge < -0.3 is 9.73 Å². The summed E-state index contributed by atoms with van der Waals surface area (Å²) in [6.45, 7) is 8.92. The minimum Gasteiger partial charge on any atom is -0.468 e. The number of rotatable bonds is 4. The summed E-state index contributed by atoms with van der Waals surface area (Å²) in [5.74, 6) is 1.07. The average molecular weight is 222 g/mol. The van der Waals surface area contributed by atoms with E-state index in [0.717, 1.165) is 18.8 Å². The normalized spacial score (nSPS) is 24.1. The van der Waals surface area contributed by atoms with Crippen molar-refractivity contribution in [1.82, 2.24) is 10.2 Å². The van der Waals surface area contributed by atoms with E-state index in [1.165, 1.54) is 6.42 Å². The van der Waals surface area contributed by atoms with Crippen molar-refractivity contribution in [3.63, 3.8) is 0 Å². The van der Waals surface area contributed by atoms with E-state index in [2.05, 4.69) is 37.1 Å². The summed E-state index contributed by atoms with van der Waals surface area (Å²) in [5, 5.41) is 3.60. The van der Waals surface area contributed by atoms with Gasteiger partial charge in [-0.25, -0.2) is 0 Å². The summed E-state index contributed by atoms with van der Waals surface area (Å²) in [6, 6.07) is 5.63. The van der Waals surface area contributed by atoms with Crippen LogP contribution in [0, 0.1) is 0 Å². The Balaban J connectivity index is 1.88. The zero-order chi connectivity index (χ0) is 11.5. The smallest absolute Gasteiger partial charge is 0.120 e. The molecule has 90 valence electrons. The molecule has 3 heteroatoms. The minimum atomic E-state index is 0.397. The van der Waals surface area contributed by atoms with Crippen molar-refractivity contribution in [2.75, 3.05) is 13.1 Å². The fourth-order valence-electron chi connectivity index (χ4n) is 2.46. The van der Waals surface area contributed by atoms with Gasteiger partial charge in [-0.1, -0.05) is 13.8 Å². The zero-order valence-electron chi connectivity index (χ0n) is 10.4. The monoisotopic (exact) mass is 222 g/mol. The first-order valence-corrected chi connectivity index (χ1v) is 6.20. The van der Waals surface area contributed by atoms with E-state index >= 15 is 0 Å². The van der Waals surface area contributed by atoms with Gasteiger partial charge in [0, 0.05) is 25.2 Å². The highest BCUT2D eigenvalue weighted by atomic mass is 16.3. The number of hydrogen-bond donors (Lipinski definition) is 1. The highest BCUT2D eigenvalue weighted by molar-refractivity contribution is 5.04. The van der Waals surface area contributed by atoms with Gasteiger partial charge in [0.25, 0.3) is 0 Å². The van der Waals surface area contributed by atoms with Crippen LogP contribution in [0.4, 0.5) is 0 Å². The lowest BCUT2D eigenvalue weighted by molar-refractivity contribution is 0.225. The molecule has 2 unspecified atom stereocenters. The fourth-order valence-corrected chi connectivity index (χ4v) is 2.46. The third kappa shape index (κ3) is 2.66. The van der Waals surface area contributed by atoms with Crippen LogP contribution < -0.4 is 5.32 Å². The predicted molar refractivity (Wildman–Crippen MR) is 65.4 cm³/mol. The van der Waals surface area contributed by atoms with Crippen molar-refractivity contribution in [2.24, 2.45) is 0 Å². The first-order valence-electron chi connectivity index (χ1n) is 6.20. The molecular formula is C13H22N2O. The van der Waals surface area contributed by atoms with Gasteiger partial charge in [-0.3, -0.25) is 4.90 Å². The molecule has 1 saturated heterocycles. The number of likely N-dealkylation sites (tertiary alicyclic amines) is 1. The molecule has 1 aliphatic heterocycles. The molecule has 2 rings (SSSR count). The summed E-state index contributed by atoms with van der Waals surface area (Å²) >= 11 is 0. The maximum Gasteiger partial charge on any atom is 0.120 e. The second kappa shape index (κ2) is 5.02. The average Bonchev–Trinajstić information content (AvgIpc) is 2.84. The molecule has 2 heterocycles. The van der Waals surface area contributed by atoms with Crippen molar-refractivity contribution in [3.05, 3.63) is 24.2 Å². The predicted octanol–water partition coefficient (Wildman–Crippen LogP) is 2.41. The minimum absolute atomic E-state index is 0.397. The van der Waals surface area contributed by atoms with Crippen LogP contribution in [0.25, 0.3) is 0 Å². The Hall–Kier alpha value is -0.800. The quantitative estimate of drug-likeness (QED) is 0.848. The first kappa shape index (κ1) is 11.7. The van der Waals surface area contributed by atoms with E-state index < -0.39 is 0 Å². The maximum absolute atomic E-state index is 5.46. The molecule has 1 aliphatic rings. The Kier molecular flexibility index (Phi) is 3.66. The molecular weight excluding hydrogens is 200 g/mol. The lowest BCUT2D eigenvalue weighted by atomic mass is 10.2.